The molecule has 2 amide bonds. The molecule has 3 aromatic rings. The predicted molar refractivity (Wildman–Crippen MR) is 167 cm³/mol. The zero-order valence-electron chi connectivity index (χ0n) is 25.5. The van der Waals surface area contributed by atoms with E-state index in [-0.39, 0.29) is 11.8 Å². The van der Waals surface area contributed by atoms with Crippen molar-refractivity contribution in [1.29, 1.82) is 0 Å². The molecule has 4 rings (SSSR count). The highest BCUT2D eigenvalue weighted by Gasteiger charge is 2.33. The van der Waals surface area contributed by atoms with Gasteiger partial charge in [-0.25, -0.2) is 0 Å². The number of rotatable bonds is 12. The highest BCUT2D eigenvalue weighted by Crippen LogP contribution is 2.24. The van der Waals surface area contributed by atoms with Crippen LogP contribution in [0.5, 0.6) is 5.75 Å². The number of amides is 2. The normalized spacial score (nSPS) is 15.5. The fraction of sp³-hybridized carbons (Fsp3) is 0.457. The molecule has 0 radical (unpaired) electrons. The lowest BCUT2D eigenvalue weighted by atomic mass is 9.92. The standard InChI is InChI=1S/C35H46N4O3/c1-35(2,3)38-33(40)31(23-26-15-17-30(18-16-26)42-25-28-11-7-5-8-12-28)37-34(41)32(24-27-19-21-36-22-20-27)39(4)29-13-9-6-10-14-29/h5,7-8,11-12,15-22,29,31-32H,6,9-10,13-14,23-25H2,1-4H3,(H,37,41)(H,38,40)/t31?,32-/m0/s1. The summed E-state index contributed by atoms with van der Waals surface area (Å²) in [6.07, 6.45) is 10.2. The molecule has 0 saturated heterocycles. The maximum atomic E-state index is 14.0. The lowest BCUT2D eigenvalue weighted by Gasteiger charge is -2.37. The molecule has 0 aliphatic heterocycles. The van der Waals surface area contributed by atoms with Gasteiger partial charge in [-0.3, -0.25) is 19.5 Å². The van der Waals surface area contributed by atoms with Gasteiger partial charge in [0.1, 0.15) is 18.4 Å². The summed E-state index contributed by atoms with van der Waals surface area (Å²) in [5.41, 5.74) is 2.67. The van der Waals surface area contributed by atoms with Crippen LogP contribution in [0.2, 0.25) is 0 Å². The van der Waals surface area contributed by atoms with E-state index in [1.165, 1.54) is 19.3 Å². The summed E-state index contributed by atoms with van der Waals surface area (Å²) in [4.78, 5) is 33.9. The number of pyridine rings is 1. The summed E-state index contributed by atoms with van der Waals surface area (Å²) >= 11 is 0. The Labute approximate surface area is 251 Å². The number of nitrogens with zero attached hydrogens (tertiary/aromatic N) is 2. The number of carbonyl (C=O) groups is 2. The number of hydrogen-bond donors (Lipinski definition) is 2. The van der Waals surface area contributed by atoms with E-state index in [2.05, 4.69) is 27.6 Å². The molecule has 2 aromatic carbocycles. The van der Waals surface area contributed by atoms with Crippen LogP contribution < -0.4 is 15.4 Å². The van der Waals surface area contributed by atoms with Crippen molar-refractivity contribution < 1.29 is 14.3 Å². The van der Waals surface area contributed by atoms with E-state index >= 15 is 0 Å². The molecule has 1 aromatic heterocycles. The monoisotopic (exact) mass is 570 g/mol. The smallest absolute Gasteiger partial charge is 0.243 e. The molecule has 1 saturated carbocycles. The molecule has 0 bridgehead atoms. The molecular weight excluding hydrogens is 524 g/mol. The largest absolute Gasteiger partial charge is 0.489 e. The average molecular weight is 571 g/mol. The van der Waals surface area contributed by atoms with Crippen LogP contribution in [-0.4, -0.2) is 52.4 Å². The molecule has 1 aliphatic carbocycles. The van der Waals surface area contributed by atoms with Gasteiger partial charge in [-0.05, 0) is 88.0 Å². The summed E-state index contributed by atoms with van der Waals surface area (Å²) in [5, 5.41) is 6.23. The number of carbonyl (C=O) groups excluding carboxylic acids is 2. The van der Waals surface area contributed by atoms with Crippen LogP contribution in [0.1, 0.15) is 69.6 Å². The van der Waals surface area contributed by atoms with Gasteiger partial charge in [0, 0.05) is 30.4 Å². The second-order valence-corrected chi connectivity index (χ2v) is 12.5. The van der Waals surface area contributed by atoms with Gasteiger partial charge in [0.05, 0.1) is 6.04 Å². The minimum Gasteiger partial charge on any atom is -0.489 e. The van der Waals surface area contributed by atoms with E-state index in [0.29, 0.717) is 25.5 Å². The average Bonchev–Trinajstić information content (AvgIpc) is 2.99. The molecule has 0 spiro atoms. The second kappa shape index (κ2) is 15.0. The van der Waals surface area contributed by atoms with Gasteiger partial charge in [0.25, 0.3) is 0 Å². The van der Waals surface area contributed by atoms with Gasteiger partial charge in [0.2, 0.25) is 11.8 Å². The zero-order valence-corrected chi connectivity index (χ0v) is 25.5. The number of aromatic nitrogens is 1. The first kappa shape index (κ1) is 31.2. The molecule has 1 aliphatic rings. The van der Waals surface area contributed by atoms with Crippen LogP contribution in [0, 0.1) is 0 Å². The molecule has 1 heterocycles. The van der Waals surface area contributed by atoms with Crippen molar-refractivity contribution in [2.75, 3.05) is 7.05 Å². The molecular formula is C35H46N4O3. The van der Waals surface area contributed by atoms with Crippen molar-refractivity contribution in [2.24, 2.45) is 0 Å². The van der Waals surface area contributed by atoms with Crippen LogP contribution >= 0.6 is 0 Å². The van der Waals surface area contributed by atoms with Crippen molar-refractivity contribution in [3.63, 3.8) is 0 Å². The van der Waals surface area contributed by atoms with Gasteiger partial charge in [0.15, 0.2) is 0 Å². The Kier molecular flexibility index (Phi) is 11.1. The van der Waals surface area contributed by atoms with Crippen molar-refractivity contribution in [2.45, 2.75) is 96.0 Å². The maximum Gasteiger partial charge on any atom is 0.243 e. The first-order valence-corrected chi connectivity index (χ1v) is 15.2. The second-order valence-electron chi connectivity index (χ2n) is 12.5. The molecule has 2 N–H and O–H groups in total. The Morgan fingerprint density at radius 1 is 0.857 bits per heavy atom. The molecule has 1 fully saturated rings. The van der Waals surface area contributed by atoms with Gasteiger partial charge in [-0.15, -0.1) is 0 Å². The van der Waals surface area contributed by atoms with E-state index in [9.17, 15) is 9.59 Å². The highest BCUT2D eigenvalue weighted by molar-refractivity contribution is 5.90. The number of nitrogens with one attached hydrogen (secondary N) is 2. The maximum absolute atomic E-state index is 14.0. The lowest BCUT2D eigenvalue weighted by molar-refractivity contribution is -0.133. The van der Waals surface area contributed by atoms with E-state index in [1.807, 2.05) is 87.5 Å². The van der Waals surface area contributed by atoms with E-state index in [0.717, 1.165) is 35.3 Å². The Morgan fingerprint density at radius 3 is 2.14 bits per heavy atom. The molecule has 2 atom stereocenters. The SMILES string of the molecule is CN(C1CCCCC1)[C@@H](Cc1ccncc1)C(=O)NC(Cc1ccc(OCc2ccccc2)cc1)C(=O)NC(C)(C)C. The minimum atomic E-state index is -0.715. The fourth-order valence-electron chi connectivity index (χ4n) is 5.54. The molecule has 7 heteroatoms. The molecule has 1 unspecified atom stereocenters. The molecule has 7 nitrogen and oxygen atoms in total. The van der Waals surface area contributed by atoms with Gasteiger partial charge >= 0.3 is 0 Å². The Morgan fingerprint density at radius 2 is 1.50 bits per heavy atom. The third kappa shape index (κ3) is 9.69. The fourth-order valence-corrected chi connectivity index (χ4v) is 5.54. The van der Waals surface area contributed by atoms with E-state index < -0.39 is 17.6 Å². The van der Waals surface area contributed by atoms with Crippen molar-refractivity contribution in [3.8, 4) is 5.75 Å². The van der Waals surface area contributed by atoms with Gasteiger partial charge in [-0.2, -0.15) is 0 Å². The number of hydrogen-bond acceptors (Lipinski definition) is 5. The Hall–Kier alpha value is -3.71. The Bertz CT molecular complexity index is 1250. The summed E-state index contributed by atoms with van der Waals surface area (Å²) < 4.78 is 5.94. The third-order valence-corrected chi connectivity index (χ3v) is 7.87. The van der Waals surface area contributed by atoms with E-state index in [1.54, 1.807) is 12.4 Å². The number of benzene rings is 2. The Balaban J connectivity index is 1.49. The van der Waals surface area contributed by atoms with Gasteiger partial charge in [-0.1, -0.05) is 61.7 Å². The first-order valence-electron chi connectivity index (χ1n) is 15.2. The van der Waals surface area contributed by atoms with Gasteiger partial charge < -0.3 is 15.4 Å². The summed E-state index contributed by atoms with van der Waals surface area (Å²) in [7, 11) is 2.06. The topological polar surface area (TPSA) is 83.6 Å². The summed E-state index contributed by atoms with van der Waals surface area (Å²) in [6, 6.07) is 21.0. The first-order chi connectivity index (χ1) is 20.2. The summed E-state index contributed by atoms with van der Waals surface area (Å²) in [5.74, 6) is 0.439. The van der Waals surface area contributed by atoms with Crippen LogP contribution in [0.4, 0.5) is 0 Å². The minimum absolute atomic E-state index is 0.128. The zero-order chi connectivity index (χ0) is 30.0. The van der Waals surface area contributed by atoms with E-state index in [4.69, 9.17) is 4.74 Å². The van der Waals surface area contributed by atoms with Crippen LogP contribution in [0.25, 0.3) is 0 Å². The molecule has 224 valence electrons. The van der Waals surface area contributed by atoms with Crippen LogP contribution in [0.3, 0.4) is 0 Å². The predicted octanol–water partition coefficient (Wildman–Crippen LogP) is 5.48. The van der Waals surface area contributed by atoms with Crippen molar-refractivity contribution >= 4 is 11.8 Å². The van der Waals surface area contributed by atoms with Crippen molar-refractivity contribution in [1.82, 2.24) is 20.5 Å². The third-order valence-electron chi connectivity index (χ3n) is 7.87. The van der Waals surface area contributed by atoms with Crippen LogP contribution in [0.15, 0.2) is 79.1 Å². The van der Waals surface area contributed by atoms with Crippen LogP contribution in [-0.2, 0) is 29.0 Å². The quantitative estimate of drug-likeness (QED) is 0.301. The highest BCUT2D eigenvalue weighted by atomic mass is 16.5. The number of likely N-dealkylation sites (N-methyl/N-ethyl adjacent to an activating group) is 1. The lowest BCUT2D eigenvalue weighted by Crippen LogP contribution is -2.58. The molecule has 42 heavy (non-hydrogen) atoms. The number of ether oxygens (including phenoxy) is 1. The van der Waals surface area contributed by atoms with Crippen molar-refractivity contribution in [3.05, 3.63) is 95.8 Å². The summed E-state index contributed by atoms with van der Waals surface area (Å²) in [6.45, 7) is 6.34.